The van der Waals surface area contributed by atoms with Gasteiger partial charge in [-0.15, -0.1) is 0 Å². The highest BCUT2D eigenvalue weighted by Crippen LogP contribution is 2.22. The maximum atomic E-state index is 13.1. The number of nitrogens with two attached hydrogens (primary N) is 1. The minimum Gasteiger partial charge on any atom is -0.444 e. The van der Waals surface area contributed by atoms with Gasteiger partial charge in [-0.25, -0.2) is 9.18 Å². The molecule has 1 saturated heterocycles. The number of hydrogen-bond acceptors (Lipinski definition) is 3. The Bertz CT molecular complexity index is 240. The summed E-state index contributed by atoms with van der Waals surface area (Å²) >= 11 is 0. The zero-order valence-electron chi connectivity index (χ0n) is 9.50. The van der Waals surface area contributed by atoms with Crippen LogP contribution in [0.15, 0.2) is 0 Å². The van der Waals surface area contributed by atoms with Crippen LogP contribution in [0.25, 0.3) is 0 Å². The zero-order chi connectivity index (χ0) is 11.6. The Morgan fingerprint density at radius 1 is 1.60 bits per heavy atom. The molecule has 0 aromatic carbocycles. The van der Waals surface area contributed by atoms with Crippen molar-refractivity contribution in [3.05, 3.63) is 0 Å². The lowest BCUT2D eigenvalue weighted by Crippen LogP contribution is -2.43. The van der Waals surface area contributed by atoms with Crippen molar-refractivity contribution in [2.45, 2.75) is 45.0 Å². The molecule has 1 aliphatic rings. The number of carbonyl (C=O) groups is 1. The fourth-order valence-electron chi connectivity index (χ4n) is 1.63. The second-order valence-corrected chi connectivity index (χ2v) is 4.86. The van der Waals surface area contributed by atoms with Crippen molar-refractivity contribution in [1.82, 2.24) is 4.90 Å². The van der Waals surface area contributed by atoms with Crippen LogP contribution < -0.4 is 5.73 Å². The average molecular weight is 218 g/mol. The predicted molar refractivity (Wildman–Crippen MR) is 55.3 cm³/mol. The summed E-state index contributed by atoms with van der Waals surface area (Å²) in [6, 6.07) is -0.227. The van der Waals surface area contributed by atoms with E-state index < -0.39 is 17.9 Å². The van der Waals surface area contributed by atoms with Crippen LogP contribution in [-0.2, 0) is 4.74 Å². The van der Waals surface area contributed by atoms with Crippen LogP contribution in [0.1, 0.15) is 27.2 Å². The van der Waals surface area contributed by atoms with E-state index >= 15 is 0 Å². The fraction of sp³-hybridized carbons (Fsp3) is 0.900. The first-order chi connectivity index (χ1) is 6.83. The van der Waals surface area contributed by atoms with Crippen LogP contribution in [0.4, 0.5) is 9.18 Å². The molecule has 0 bridgehead atoms. The number of ether oxygens (including phenoxy) is 1. The van der Waals surface area contributed by atoms with Crippen LogP contribution in [0.3, 0.4) is 0 Å². The number of carbonyl (C=O) groups excluding carboxylic acids is 1. The molecule has 2 atom stereocenters. The monoisotopic (exact) mass is 218 g/mol. The zero-order valence-corrected chi connectivity index (χ0v) is 9.50. The molecule has 0 aromatic rings. The van der Waals surface area contributed by atoms with Crippen LogP contribution in [0, 0.1) is 0 Å². The summed E-state index contributed by atoms with van der Waals surface area (Å²) in [5.41, 5.74) is 4.92. The maximum absolute atomic E-state index is 13.1. The molecule has 0 aliphatic carbocycles. The Kier molecular flexibility index (Phi) is 3.54. The molecule has 0 unspecified atom stereocenters. The van der Waals surface area contributed by atoms with Gasteiger partial charge >= 0.3 is 6.09 Å². The second kappa shape index (κ2) is 4.35. The summed E-state index contributed by atoms with van der Waals surface area (Å²) in [5.74, 6) is 0. The van der Waals surface area contributed by atoms with Crippen molar-refractivity contribution in [3.8, 4) is 0 Å². The Morgan fingerprint density at radius 3 is 2.67 bits per heavy atom. The van der Waals surface area contributed by atoms with E-state index in [2.05, 4.69) is 0 Å². The minimum atomic E-state index is -0.980. The molecule has 4 nitrogen and oxygen atoms in total. The van der Waals surface area contributed by atoms with E-state index in [0.717, 1.165) is 0 Å². The van der Waals surface area contributed by atoms with Gasteiger partial charge in [0.15, 0.2) is 0 Å². The molecular weight excluding hydrogens is 199 g/mol. The Morgan fingerprint density at radius 2 is 2.20 bits per heavy atom. The van der Waals surface area contributed by atoms with Crippen LogP contribution in [0.2, 0.25) is 0 Å². The van der Waals surface area contributed by atoms with Crippen molar-refractivity contribution in [2.75, 3.05) is 13.1 Å². The number of halogens is 1. The van der Waals surface area contributed by atoms with Crippen molar-refractivity contribution in [3.63, 3.8) is 0 Å². The van der Waals surface area contributed by atoms with Crippen molar-refractivity contribution < 1.29 is 13.9 Å². The predicted octanol–water partition coefficient (Wildman–Crippen LogP) is 1.29. The number of hydrogen-bond donors (Lipinski definition) is 1. The van der Waals surface area contributed by atoms with Gasteiger partial charge in [0, 0.05) is 13.0 Å². The van der Waals surface area contributed by atoms with Crippen LogP contribution in [0.5, 0.6) is 0 Å². The lowest BCUT2D eigenvalue weighted by molar-refractivity contribution is 0.0224. The van der Waals surface area contributed by atoms with Gasteiger partial charge in [0.1, 0.15) is 11.8 Å². The van der Waals surface area contributed by atoms with E-state index in [0.29, 0.717) is 6.42 Å². The van der Waals surface area contributed by atoms with E-state index in [1.165, 1.54) is 4.90 Å². The number of likely N-dealkylation sites (tertiary alicyclic amines) is 1. The third-order valence-electron chi connectivity index (χ3n) is 2.26. The van der Waals surface area contributed by atoms with Gasteiger partial charge in [-0.05, 0) is 20.8 Å². The standard InChI is InChI=1S/C10H19FN2O2/c1-10(2,3)15-9(14)13-6-7(11)4-8(13)5-12/h7-8H,4-6,12H2,1-3H3/t7-,8+/m1/s1. The number of nitrogens with zero attached hydrogens (tertiary/aromatic N) is 1. The molecule has 88 valence electrons. The average Bonchev–Trinajstić information content (AvgIpc) is 2.43. The summed E-state index contributed by atoms with van der Waals surface area (Å²) < 4.78 is 18.3. The molecule has 15 heavy (non-hydrogen) atoms. The van der Waals surface area contributed by atoms with Gasteiger partial charge < -0.3 is 15.4 Å². The van der Waals surface area contributed by atoms with Crippen molar-refractivity contribution >= 4 is 6.09 Å². The van der Waals surface area contributed by atoms with E-state index in [9.17, 15) is 9.18 Å². The minimum absolute atomic E-state index is 0.0940. The Balaban J connectivity index is 2.59. The quantitative estimate of drug-likeness (QED) is 0.721. The van der Waals surface area contributed by atoms with E-state index in [1.54, 1.807) is 20.8 Å². The van der Waals surface area contributed by atoms with E-state index in [4.69, 9.17) is 10.5 Å². The normalized spacial score (nSPS) is 26.9. The summed E-state index contributed by atoms with van der Waals surface area (Å²) in [6.07, 6.45) is -1.14. The van der Waals surface area contributed by atoms with Gasteiger partial charge in [-0.3, -0.25) is 0 Å². The molecule has 1 heterocycles. The molecule has 1 amide bonds. The lowest BCUT2D eigenvalue weighted by Gasteiger charge is -2.27. The van der Waals surface area contributed by atoms with Gasteiger partial charge in [0.05, 0.1) is 12.6 Å². The third kappa shape index (κ3) is 3.34. The van der Waals surface area contributed by atoms with Gasteiger partial charge in [-0.2, -0.15) is 0 Å². The highest BCUT2D eigenvalue weighted by atomic mass is 19.1. The molecule has 0 radical (unpaired) electrons. The highest BCUT2D eigenvalue weighted by molar-refractivity contribution is 5.69. The largest absolute Gasteiger partial charge is 0.444 e. The smallest absolute Gasteiger partial charge is 0.410 e. The molecule has 0 saturated carbocycles. The van der Waals surface area contributed by atoms with Crippen LogP contribution in [-0.4, -0.2) is 41.9 Å². The Hall–Kier alpha value is -0.840. The molecule has 2 N–H and O–H groups in total. The molecule has 1 aliphatic heterocycles. The summed E-state index contributed by atoms with van der Waals surface area (Å²) in [4.78, 5) is 13.0. The van der Waals surface area contributed by atoms with Crippen LogP contribution >= 0.6 is 0 Å². The van der Waals surface area contributed by atoms with E-state index in [1.807, 2.05) is 0 Å². The first-order valence-electron chi connectivity index (χ1n) is 5.17. The highest BCUT2D eigenvalue weighted by Gasteiger charge is 2.36. The SMILES string of the molecule is CC(C)(C)OC(=O)N1C[C@H](F)C[C@H]1CN. The molecule has 1 rings (SSSR count). The molecule has 0 aromatic heterocycles. The first-order valence-corrected chi connectivity index (χ1v) is 5.17. The molecule has 1 fully saturated rings. The third-order valence-corrected chi connectivity index (χ3v) is 2.26. The van der Waals surface area contributed by atoms with Crippen molar-refractivity contribution in [2.24, 2.45) is 5.73 Å². The van der Waals surface area contributed by atoms with Gasteiger partial charge in [-0.1, -0.05) is 0 Å². The van der Waals surface area contributed by atoms with E-state index in [-0.39, 0.29) is 19.1 Å². The summed E-state index contributed by atoms with van der Waals surface area (Å²) in [7, 11) is 0. The van der Waals surface area contributed by atoms with Gasteiger partial charge in [0.2, 0.25) is 0 Å². The van der Waals surface area contributed by atoms with Crippen molar-refractivity contribution in [1.29, 1.82) is 0 Å². The number of amides is 1. The maximum Gasteiger partial charge on any atom is 0.410 e. The lowest BCUT2D eigenvalue weighted by atomic mass is 10.2. The second-order valence-electron chi connectivity index (χ2n) is 4.86. The number of alkyl halides is 1. The van der Waals surface area contributed by atoms with Gasteiger partial charge in [0.25, 0.3) is 0 Å². The Labute approximate surface area is 89.6 Å². The first kappa shape index (κ1) is 12.2. The molecular formula is C10H19FN2O2. The molecule has 5 heteroatoms. The summed E-state index contributed by atoms with van der Waals surface area (Å²) in [6.45, 7) is 5.72. The number of rotatable bonds is 1. The molecule has 0 spiro atoms. The summed E-state index contributed by atoms with van der Waals surface area (Å²) in [5, 5.41) is 0. The fourth-order valence-corrected chi connectivity index (χ4v) is 1.63. The topological polar surface area (TPSA) is 55.6 Å².